The Morgan fingerprint density at radius 2 is 2.18 bits per heavy atom. The van der Waals surface area contributed by atoms with Crippen LogP contribution in [0.25, 0.3) is 0 Å². The van der Waals surface area contributed by atoms with Crippen molar-refractivity contribution in [1.82, 2.24) is 4.90 Å². The zero-order valence-electron chi connectivity index (χ0n) is 7.96. The van der Waals surface area contributed by atoms with Crippen LogP contribution in [0.4, 0.5) is 0 Å². The maximum Gasteiger partial charge on any atom is 0.105 e. The largest absolute Gasteiger partial charge is 0.337 e. The Balaban J connectivity index is 4.35. The fourth-order valence-electron chi connectivity index (χ4n) is 1.10. The van der Waals surface area contributed by atoms with Gasteiger partial charge in [0.25, 0.3) is 0 Å². The molecule has 11 heavy (non-hydrogen) atoms. The average molecular weight is 154 g/mol. The van der Waals surface area contributed by atoms with Crippen LogP contribution in [0.2, 0.25) is 0 Å². The molecule has 0 aromatic rings. The Labute approximate surface area is 69.6 Å². The molecule has 0 rings (SSSR count). The van der Waals surface area contributed by atoms with E-state index in [1.165, 1.54) is 0 Å². The Bertz CT molecular complexity index is 148. The lowest BCUT2D eigenvalue weighted by Crippen LogP contribution is -2.29. The molecule has 0 aliphatic heterocycles. The Morgan fingerprint density at radius 1 is 1.64 bits per heavy atom. The van der Waals surface area contributed by atoms with Crippen LogP contribution in [0.15, 0.2) is 17.8 Å². The zero-order valence-corrected chi connectivity index (χ0v) is 7.96. The average Bonchev–Trinajstić information content (AvgIpc) is 1.99. The zero-order chi connectivity index (χ0) is 8.85. The van der Waals surface area contributed by atoms with Crippen LogP contribution in [0, 0.1) is 5.92 Å². The van der Waals surface area contributed by atoms with Gasteiger partial charge in [-0.2, -0.15) is 0 Å². The fourth-order valence-corrected chi connectivity index (χ4v) is 1.10. The van der Waals surface area contributed by atoms with Crippen LogP contribution in [0.1, 0.15) is 20.8 Å². The summed E-state index contributed by atoms with van der Waals surface area (Å²) in [7, 11) is 1.82. The highest BCUT2D eigenvalue weighted by atomic mass is 15.2. The second kappa shape index (κ2) is 4.94. The van der Waals surface area contributed by atoms with E-state index >= 15 is 0 Å². The molecule has 0 aromatic heterocycles. The molecule has 2 heteroatoms. The van der Waals surface area contributed by atoms with Crippen LogP contribution >= 0.6 is 0 Å². The molecule has 2 nitrogen and oxygen atoms in total. The molecule has 0 fully saturated rings. The van der Waals surface area contributed by atoms with Crippen molar-refractivity contribution in [2.45, 2.75) is 20.8 Å². The molecule has 0 heterocycles. The summed E-state index contributed by atoms with van der Waals surface area (Å²) in [5.41, 5.74) is 0. The number of rotatable bonds is 3. The molecule has 0 N–H and O–H groups in total. The third-order valence-corrected chi connectivity index (χ3v) is 1.60. The molecular formula is C9H18N2. The van der Waals surface area contributed by atoms with E-state index in [0.717, 1.165) is 12.4 Å². The van der Waals surface area contributed by atoms with E-state index in [4.69, 9.17) is 0 Å². The highest BCUT2D eigenvalue weighted by Gasteiger charge is 2.08. The van der Waals surface area contributed by atoms with Crippen molar-refractivity contribution in [3.63, 3.8) is 0 Å². The summed E-state index contributed by atoms with van der Waals surface area (Å²) < 4.78 is 0. The Kier molecular flexibility index (Phi) is 4.59. The van der Waals surface area contributed by atoms with E-state index in [-0.39, 0.29) is 0 Å². The van der Waals surface area contributed by atoms with Crippen molar-refractivity contribution in [3.8, 4) is 0 Å². The third-order valence-electron chi connectivity index (χ3n) is 1.60. The topological polar surface area (TPSA) is 15.6 Å². The maximum atomic E-state index is 4.20. The van der Waals surface area contributed by atoms with Crippen molar-refractivity contribution in [1.29, 1.82) is 0 Å². The molecule has 64 valence electrons. The van der Waals surface area contributed by atoms with Gasteiger partial charge in [-0.15, -0.1) is 0 Å². The van der Waals surface area contributed by atoms with Gasteiger partial charge in [0, 0.05) is 19.5 Å². The van der Waals surface area contributed by atoms with Crippen molar-refractivity contribution >= 4 is 5.84 Å². The van der Waals surface area contributed by atoms with Crippen molar-refractivity contribution < 1.29 is 0 Å². The smallest absolute Gasteiger partial charge is 0.105 e. The molecule has 0 saturated carbocycles. The van der Waals surface area contributed by atoms with Crippen LogP contribution in [-0.4, -0.2) is 24.3 Å². The van der Waals surface area contributed by atoms with E-state index < -0.39 is 0 Å². The van der Waals surface area contributed by atoms with Gasteiger partial charge in [-0.1, -0.05) is 20.4 Å². The number of hydrogen-bond donors (Lipinski definition) is 0. The molecule has 0 aliphatic rings. The molecule has 0 unspecified atom stereocenters. The monoisotopic (exact) mass is 154 g/mol. The minimum atomic E-state index is 0.470. The summed E-state index contributed by atoms with van der Waals surface area (Å²) >= 11 is 0. The van der Waals surface area contributed by atoms with Gasteiger partial charge in [0.2, 0.25) is 0 Å². The predicted molar refractivity (Wildman–Crippen MR) is 50.8 cm³/mol. The summed E-state index contributed by atoms with van der Waals surface area (Å²) in [4.78, 5) is 6.26. The van der Waals surface area contributed by atoms with Crippen LogP contribution in [0.3, 0.4) is 0 Å². The van der Waals surface area contributed by atoms with Crippen LogP contribution in [-0.2, 0) is 0 Å². The van der Waals surface area contributed by atoms with Gasteiger partial charge in [0.15, 0.2) is 0 Å². The minimum Gasteiger partial charge on any atom is -0.337 e. The van der Waals surface area contributed by atoms with Crippen LogP contribution < -0.4 is 0 Å². The molecule has 0 spiro atoms. The summed E-state index contributed by atoms with van der Waals surface area (Å²) in [5.74, 6) is 1.57. The van der Waals surface area contributed by atoms with Gasteiger partial charge in [0.1, 0.15) is 5.84 Å². The van der Waals surface area contributed by atoms with Crippen molar-refractivity contribution in [2.24, 2.45) is 10.9 Å². The first kappa shape index (κ1) is 10.2. The van der Waals surface area contributed by atoms with Gasteiger partial charge in [-0.25, -0.2) is 0 Å². The molecule has 0 bridgehead atoms. The van der Waals surface area contributed by atoms with Gasteiger partial charge < -0.3 is 4.90 Å². The summed E-state index contributed by atoms with van der Waals surface area (Å²) in [6.45, 7) is 11.0. The van der Waals surface area contributed by atoms with Gasteiger partial charge in [0.05, 0.1) is 0 Å². The Morgan fingerprint density at radius 3 is 2.27 bits per heavy atom. The lowest BCUT2D eigenvalue weighted by Gasteiger charge is -2.22. The van der Waals surface area contributed by atoms with Gasteiger partial charge in [-0.05, 0) is 13.1 Å². The number of nitrogens with zero attached hydrogens (tertiary/aromatic N) is 2. The molecular weight excluding hydrogens is 136 g/mol. The minimum absolute atomic E-state index is 0.470. The van der Waals surface area contributed by atoms with E-state index in [2.05, 4.69) is 37.2 Å². The molecule has 0 amide bonds. The second-order valence-electron chi connectivity index (χ2n) is 2.71. The van der Waals surface area contributed by atoms with E-state index in [1.54, 1.807) is 0 Å². The van der Waals surface area contributed by atoms with Gasteiger partial charge in [-0.3, -0.25) is 4.99 Å². The van der Waals surface area contributed by atoms with Gasteiger partial charge >= 0.3 is 0 Å². The Hall–Kier alpha value is -0.790. The lowest BCUT2D eigenvalue weighted by molar-refractivity contribution is 0.551. The van der Waals surface area contributed by atoms with Crippen molar-refractivity contribution in [3.05, 3.63) is 12.8 Å². The standard InChI is InChI=1S/C9H18N2/c1-6-11(7-2)9(10-5)8(3)4/h6,8H,1,7H2,2-5H3. The maximum absolute atomic E-state index is 4.20. The lowest BCUT2D eigenvalue weighted by atomic mass is 10.2. The van der Waals surface area contributed by atoms with E-state index in [9.17, 15) is 0 Å². The molecule has 0 saturated heterocycles. The first-order valence-electron chi connectivity index (χ1n) is 4.03. The summed E-state index contributed by atoms with van der Waals surface area (Å²) in [6, 6.07) is 0. The SMILES string of the molecule is C=CN(CC)C(=NC)C(C)C. The molecule has 0 aromatic carbocycles. The normalized spacial score (nSPS) is 11.9. The van der Waals surface area contributed by atoms with E-state index in [1.807, 2.05) is 13.2 Å². The second-order valence-corrected chi connectivity index (χ2v) is 2.71. The quantitative estimate of drug-likeness (QED) is 0.449. The summed E-state index contributed by atoms with van der Waals surface area (Å²) in [6.07, 6.45) is 1.82. The number of amidine groups is 1. The highest BCUT2D eigenvalue weighted by Crippen LogP contribution is 2.03. The third kappa shape index (κ3) is 2.74. The summed E-state index contributed by atoms with van der Waals surface area (Å²) in [5, 5.41) is 0. The fraction of sp³-hybridized carbons (Fsp3) is 0.667. The van der Waals surface area contributed by atoms with E-state index in [0.29, 0.717) is 5.92 Å². The molecule has 0 aliphatic carbocycles. The highest BCUT2D eigenvalue weighted by molar-refractivity contribution is 5.84. The number of aliphatic imine (C=N–C) groups is 1. The molecule has 0 radical (unpaired) electrons. The number of hydrogen-bond acceptors (Lipinski definition) is 1. The predicted octanol–water partition coefficient (Wildman–Crippen LogP) is 2.14. The first-order valence-corrected chi connectivity index (χ1v) is 4.03. The molecule has 0 atom stereocenters. The van der Waals surface area contributed by atoms with Crippen LogP contribution in [0.5, 0.6) is 0 Å². The van der Waals surface area contributed by atoms with Crippen molar-refractivity contribution in [2.75, 3.05) is 13.6 Å². The first-order chi connectivity index (χ1) is 5.17.